The highest BCUT2D eigenvalue weighted by atomic mass is 19.4. The van der Waals surface area contributed by atoms with Crippen LogP contribution >= 0.6 is 0 Å². The lowest BCUT2D eigenvalue weighted by Crippen LogP contribution is -2.20. The summed E-state index contributed by atoms with van der Waals surface area (Å²) in [6, 6.07) is 8.54. The molecular formula is C16H13F4NO2. The summed E-state index contributed by atoms with van der Waals surface area (Å²) >= 11 is 0. The molecule has 0 aliphatic heterocycles. The van der Waals surface area contributed by atoms with Crippen molar-refractivity contribution in [3.8, 4) is 5.75 Å². The molecule has 2 aromatic rings. The van der Waals surface area contributed by atoms with E-state index >= 15 is 0 Å². The number of carbonyl (C=O) groups is 1. The first-order valence-corrected chi connectivity index (χ1v) is 6.62. The molecular weight excluding hydrogens is 314 g/mol. The topological polar surface area (TPSA) is 38.3 Å². The zero-order valence-electron chi connectivity index (χ0n) is 12.1. The van der Waals surface area contributed by atoms with E-state index in [-0.39, 0.29) is 17.0 Å². The van der Waals surface area contributed by atoms with Gasteiger partial charge in [-0.1, -0.05) is 6.07 Å². The number of halogens is 4. The van der Waals surface area contributed by atoms with Crippen LogP contribution in [0, 0.1) is 12.7 Å². The molecule has 0 atom stereocenters. The van der Waals surface area contributed by atoms with E-state index in [0.29, 0.717) is 0 Å². The summed E-state index contributed by atoms with van der Waals surface area (Å²) < 4.78 is 56.2. The zero-order chi connectivity index (χ0) is 17.0. The number of alkyl halides is 3. The first-order chi connectivity index (χ1) is 10.8. The first-order valence-electron chi connectivity index (χ1n) is 6.62. The summed E-state index contributed by atoms with van der Waals surface area (Å²) in [7, 11) is 0. The van der Waals surface area contributed by atoms with Crippen LogP contribution in [-0.4, -0.2) is 12.5 Å². The van der Waals surface area contributed by atoms with Crippen molar-refractivity contribution in [1.82, 2.24) is 0 Å². The van der Waals surface area contributed by atoms with Crippen LogP contribution in [0.1, 0.15) is 11.1 Å². The van der Waals surface area contributed by atoms with Crippen molar-refractivity contribution in [2.24, 2.45) is 0 Å². The molecule has 0 saturated heterocycles. The van der Waals surface area contributed by atoms with Crippen molar-refractivity contribution in [1.29, 1.82) is 0 Å². The van der Waals surface area contributed by atoms with Gasteiger partial charge in [0.1, 0.15) is 11.6 Å². The van der Waals surface area contributed by atoms with Crippen molar-refractivity contribution >= 4 is 11.6 Å². The lowest BCUT2D eigenvalue weighted by atomic mass is 10.1. The number of carbonyl (C=O) groups excluding carboxylic acids is 1. The second kappa shape index (κ2) is 6.68. The number of ether oxygens (including phenoxy) is 1. The smallest absolute Gasteiger partial charge is 0.416 e. The molecule has 7 heteroatoms. The maximum absolute atomic E-state index is 12.8. The maximum Gasteiger partial charge on any atom is 0.416 e. The van der Waals surface area contributed by atoms with Gasteiger partial charge in [0.05, 0.1) is 5.56 Å². The standard InChI is InChI=1S/C16H13F4NO2/c1-10-2-5-12(8-14(10)16(18,19)20)21-15(22)9-23-13-6-3-11(17)4-7-13/h2-8H,9H2,1H3,(H,21,22). The third kappa shape index (κ3) is 4.70. The van der Waals surface area contributed by atoms with Crippen molar-refractivity contribution in [3.05, 3.63) is 59.4 Å². The van der Waals surface area contributed by atoms with Crippen molar-refractivity contribution < 1.29 is 27.1 Å². The summed E-state index contributed by atoms with van der Waals surface area (Å²) in [5.41, 5.74) is -0.719. The van der Waals surface area contributed by atoms with Crippen LogP contribution in [0.2, 0.25) is 0 Å². The molecule has 2 rings (SSSR count). The Hall–Kier alpha value is -2.57. The fourth-order valence-corrected chi connectivity index (χ4v) is 1.88. The number of rotatable bonds is 4. The minimum Gasteiger partial charge on any atom is -0.484 e. The average Bonchev–Trinajstić information content (AvgIpc) is 2.47. The summed E-state index contributed by atoms with van der Waals surface area (Å²) in [6.07, 6.45) is -4.49. The summed E-state index contributed by atoms with van der Waals surface area (Å²) in [5.74, 6) is -0.783. The van der Waals surface area contributed by atoms with Gasteiger partial charge in [0.2, 0.25) is 0 Å². The normalized spacial score (nSPS) is 11.2. The predicted molar refractivity (Wildman–Crippen MR) is 76.7 cm³/mol. The second-order valence-electron chi connectivity index (χ2n) is 4.82. The van der Waals surface area contributed by atoms with Gasteiger partial charge in [0, 0.05) is 5.69 Å². The molecule has 0 fully saturated rings. The lowest BCUT2D eigenvalue weighted by Gasteiger charge is -2.13. The number of amides is 1. The van der Waals surface area contributed by atoms with Gasteiger partial charge < -0.3 is 10.1 Å². The van der Waals surface area contributed by atoms with Gasteiger partial charge in [-0.2, -0.15) is 13.2 Å². The SMILES string of the molecule is Cc1ccc(NC(=O)COc2ccc(F)cc2)cc1C(F)(F)F. The van der Waals surface area contributed by atoms with Crippen molar-refractivity contribution in [2.45, 2.75) is 13.1 Å². The van der Waals surface area contributed by atoms with Gasteiger partial charge in [-0.25, -0.2) is 4.39 Å². The Morgan fingerprint density at radius 2 is 1.78 bits per heavy atom. The van der Waals surface area contributed by atoms with Gasteiger partial charge >= 0.3 is 6.18 Å². The average molecular weight is 327 g/mol. The molecule has 122 valence electrons. The number of nitrogens with one attached hydrogen (secondary N) is 1. The molecule has 2 aromatic carbocycles. The van der Waals surface area contributed by atoms with Crippen LogP contribution < -0.4 is 10.1 Å². The number of hydrogen-bond donors (Lipinski definition) is 1. The Morgan fingerprint density at radius 3 is 2.39 bits per heavy atom. The van der Waals surface area contributed by atoms with Gasteiger partial charge in [0.15, 0.2) is 6.61 Å². The maximum atomic E-state index is 12.8. The molecule has 3 nitrogen and oxygen atoms in total. The monoisotopic (exact) mass is 327 g/mol. The molecule has 1 amide bonds. The van der Waals surface area contributed by atoms with E-state index in [1.54, 1.807) is 0 Å². The molecule has 1 N–H and O–H groups in total. The summed E-state index contributed by atoms with van der Waals surface area (Å²) in [5, 5.41) is 2.33. The molecule has 0 spiro atoms. The van der Waals surface area contributed by atoms with E-state index in [2.05, 4.69) is 5.32 Å². The zero-order valence-corrected chi connectivity index (χ0v) is 12.1. The van der Waals surface area contributed by atoms with Crippen LogP contribution in [-0.2, 0) is 11.0 Å². The van der Waals surface area contributed by atoms with Crippen molar-refractivity contribution in [2.75, 3.05) is 11.9 Å². The van der Waals surface area contributed by atoms with Crippen LogP contribution in [0.5, 0.6) is 5.75 Å². The van der Waals surface area contributed by atoms with Crippen LogP contribution in [0.4, 0.5) is 23.2 Å². The molecule has 0 radical (unpaired) electrons. The van der Waals surface area contributed by atoms with E-state index in [1.807, 2.05) is 0 Å². The largest absolute Gasteiger partial charge is 0.484 e. The van der Waals surface area contributed by atoms with Crippen molar-refractivity contribution in [3.63, 3.8) is 0 Å². The second-order valence-corrected chi connectivity index (χ2v) is 4.82. The molecule has 0 aliphatic carbocycles. The molecule has 0 saturated carbocycles. The number of benzene rings is 2. The minimum atomic E-state index is -4.49. The highest BCUT2D eigenvalue weighted by molar-refractivity contribution is 5.92. The molecule has 0 heterocycles. The predicted octanol–water partition coefficient (Wildman–Crippen LogP) is 4.17. The highest BCUT2D eigenvalue weighted by Gasteiger charge is 2.32. The van der Waals surface area contributed by atoms with E-state index in [0.717, 1.165) is 6.07 Å². The molecule has 0 unspecified atom stereocenters. The third-order valence-electron chi connectivity index (χ3n) is 3.01. The van der Waals surface area contributed by atoms with Crippen LogP contribution in [0.3, 0.4) is 0 Å². The van der Waals surface area contributed by atoms with Gasteiger partial charge in [-0.05, 0) is 48.9 Å². The third-order valence-corrected chi connectivity index (χ3v) is 3.01. The first kappa shape index (κ1) is 16.8. The van der Waals surface area contributed by atoms with Gasteiger partial charge in [-0.15, -0.1) is 0 Å². The summed E-state index contributed by atoms with van der Waals surface area (Å²) in [6.45, 7) is 0.937. The lowest BCUT2D eigenvalue weighted by molar-refractivity contribution is -0.138. The molecule has 0 bridgehead atoms. The number of aryl methyl sites for hydroxylation is 1. The summed E-state index contributed by atoms with van der Waals surface area (Å²) in [4.78, 5) is 11.7. The number of hydrogen-bond acceptors (Lipinski definition) is 2. The minimum absolute atomic E-state index is 0.0237. The van der Waals surface area contributed by atoms with Gasteiger partial charge in [-0.3, -0.25) is 4.79 Å². The Morgan fingerprint density at radius 1 is 1.13 bits per heavy atom. The van der Waals surface area contributed by atoms with Gasteiger partial charge in [0.25, 0.3) is 5.91 Å². The van der Waals surface area contributed by atoms with E-state index in [9.17, 15) is 22.4 Å². The molecule has 0 aliphatic rings. The Kier molecular flexibility index (Phi) is 4.88. The molecule has 23 heavy (non-hydrogen) atoms. The van der Waals surface area contributed by atoms with E-state index in [1.165, 1.54) is 43.3 Å². The fourth-order valence-electron chi connectivity index (χ4n) is 1.88. The van der Waals surface area contributed by atoms with Crippen LogP contribution in [0.15, 0.2) is 42.5 Å². The molecule has 0 aromatic heterocycles. The quantitative estimate of drug-likeness (QED) is 0.856. The van der Waals surface area contributed by atoms with Crippen LogP contribution in [0.25, 0.3) is 0 Å². The Bertz CT molecular complexity index is 696. The fraction of sp³-hybridized carbons (Fsp3) is 0.188. The number of anilines is 1. The Balaban J connectivity index is 1.99. The Labute approximate surface area is 129 Å². The highest BCUT2D eigenvalue weighted by Crippen LogP contribution is 2.33. The van der Waals surface area contributed by atoms with E-state index in [4.69, 9.17) is 4.74 Å². The van der Waals surface area contributed by atoms with E-state index < -0.39 is 30.1 Å².